The lowest BCUT2D eigenvalue weighted by molar-refractivity contribution is -0.144. The quantitative estimate of drug-likeness (QED) is 0.452. The summed E-state index contributed by atoms with van der Waals surface area (Å²) in [7, 11) is 5.36. The standard InChI is InChI=1S/C9H18N4O2S/c1-12(2)4-5-13(3)9(15)8(14)11-6-7(10)16/h4-6H2,1-3H3,(H2,10,16)(H,11,14). The highest BCUT2D eigenvalue weighted by atomic mass is 32.1. The number of rotatable bonds is 5. The Bertz CT molecular complexity index is 281. The fourth-order valence-electron chi connectivity index (χ4n) is 0.868. The predicted octanol–water partition coefficient (Wildman–Crippen LogP) is -1.59. The zero-order valence-electron chi connectivity index (χ0n) is 9.82. The highest BCUT2D eigenvalue weighted by molar-refractivity contribution is 7.80. The maximum atomic E-state index is 11.5. The smallest absolute Gasteiger partial charge is 0.311 e. The number of likely N-dealkylation sites (N-methyl/N-ethyl adjacent to an activating group) is 2. The third-order valence-electron chi connectivity index (χ3n) is 1.85. The van der Waals surface area contributed by atoms with Crippen molar-refractivity contribution < 1.29 is 9.59 Å². The van der Waals surface area contributed by atoms with Gasteiger partial charge in [-0.3, -0.25) is 9.59 Å². The monoisotopic (exact) mass is 246 g/mol. The third-order valence-corrected chi connectivity index (χ3v) is 1.99. The Hall–Kier alpha value is -1.21. The van der Waals surface area contributed by atoms with Crippen LogP contribution < -0.4 is 11.1 Å². The van der Waals surface area contributed by atoms with Crippen LogP contribution in [0, 0.1) is 0 Å². The summed E-state index contributed by atoms with van der Waals surface area (Å²) >= 11 is 4.58. The van der Waals surface area contributed by atoms with Crippen LogP contribution >= 0.6 is 12.2 Å². The van der Waals surface area contributed by atoms with Crippen LogP contribution in [0.1, 0.15) is 0 Å². The Kier molecular flexibility index (Phi) is 6.59. The second-order valence-corrected chi connectivity index (χ2v) is 4.20. The van der Waals surface area contributed by atoms with Gasteiger partial charge in [0.2, 0.25) is 0 Å². The molecule has 0 rings (SSSR count). The van der Waals surface area contributed by atoms with Crippen LogP contribution in [0.15, 0.2) is 0 Å². The van der Waals surface area contributed by atoms with Crippen LogP contribution in [0.3, 0.4) is 0 Å². The summed E-state index contributed by atoms with van der Waals surface area (Å²) in [6, 6.07) is 0. The van der Waals surface area contributed by atoms with Crippen LogP contribution in [-0.4, -0.2) is 67.4 Å². The Morgan fingerprint density at radius 3 is 2.25 bits per heavy atom. The average molecular weight is 246 g/mol. The first-order valence-electron chi connectivity index (χ1n) is 4.81. The molecule has 16 heavy (non-hydrogen) atoms. The van der Waals surface area contributed by atoms with Crippen molar-refractivity contribution in [2.24, 2.45) is 5.73 Å². The van der Waals surface area contributed by atoms with E-state index in [-0.39, 0.29) is 11.5 Å². The number of thiocarbonyl (C=S) groups is 1. The molecule has 0 aliphatic carbocycles. The highest BCUT2D eigenvalue weighted by Gasteiger charge is 2.17. The molecule has 0 saturated heterocycles. The van der Waals surface area contributed by atoms with Gasteiger partial charge in [-0.25, -0.2) is 0 Å². The van der Waals surface area contributed by atoms with E-state index >= 15 is 0 Å². The first-order chi connectivity index (χ1) is 7.34. The second-order valence-electron chi connectivity index (χ2n) is 3.68. The van der Waals surface area contributed by atoms with E-state index < -0.39 is 11.8 Å². The molecule has 2 amide bonds. The van der Waals surface area contributed by atoms with Crippen molar-refractivity contribution in [3.8, 4) is 0 Å². The molecule has 0 bridgehead atoms. The first-order valence-corrected chi connectivity index (χ1v) is 5.21. The Morgan fingerprint density at radius 1 is 1.25 bits per heavy atom. The lowest BCUT2D eigenvalue weighted by Crippen LogP contribution is -2.45. The van der Waals surface area contributed by atoms with Crippen molar-refractivity contribution in [1.82, 2.24) is 15.1 Å². The lowest BCUT2D eigenvalue weighted by atomic mass is 10.4. The minimum absolute atomic E-state index is 0.0431. The summed E-state index contributed by atoms with van der Waals surface area (Å²) in [5, 5.41) is 2.34. The number of hydrogen-bond donors (Lipinski definition) is 2. The molecule has 0 saturated carbocycles. The van der Waals surface area contributed by atoms with Crippen LogP contribution in [0.4, 0.5) is 0 Å². The van der Waals surface area contributed by atoms with Crippen LogP contribution in [0.5, 0.6) is 0 Å². The van der Waals surface area contributed by atoms with Crippen molar-refractivity contribution >= 4 is 29.0 Å². The Morgan fingerprint density at radius 2 is 1.81 bits per heavy atom. The van der Waals surface area contributed by atoms with E-state index in [2.05, 4.69) is 17.5 Å². The van der Waals surface area contributed by atoms with E-state index in [4.69, 9.17) is 5.73 Å². The fraction of sp³-hybridized carbons (Fsp3) is 0.667. The molecule has 0 aromatic heterocycles. The SMILES string of the molecule is CN(C)CCN(C)C(=O)C(=O)NCC(N)=S. The highest BCUT2D eigenvalue weighted by Crippen LogP contribution is 1.86. The zero-order valence-corrected chi connectivity index (χ0v) is 10.6. The fourth-order valence-corrected chi connectivity index (χ4v) is 0.940. The van der Waals surface area contributed by atoms with Gasteiger partial charge in [0.05, 0.1) is 11.5 Å². The molecule has 92 valence electrons. The van der Waals surface area contributed by atoms with Gasteiger partial charge in [-0.15, -0.1) is 0 Å². The molecule has 3 N–H and O–H groups in total. The molecule has 0 aliphatic rings. The molecule has 0 spiro atoms. The van der Waals surface area contributed by atoms with Crippen molar-refractivity contribution in [2.45, 2.75) is 0 Å². The molecule has 7 heteroatoms. The van der Waals surface area contributed by atoms with E-state index in [1.165, 1.54) is 4.90 Å². The van der Waals surface area contributed by atoms with Gasteiger partial charge in [-0.05, 0) is 14.1 Å². The molecule has 0 unspecified atom stereocenters. The number of nitrogens with two attached hydrogens (primary N) is 1. The molecule has 0 aromatic carbocycles. The van der Waals surface area contributed by atoms with Crippen LogP contribution in [-0.2, 0) is 9.59 Å². The molecule has 0 aromatic rings. The first kappa shape index (κ1) is 14.8. The summed E-state index contributed by atoms with van der Waals surface area (Å²) in [5.41, 5.74) is 5.20. The molecular weight excluding hydrogens is 228 g/mol. The maximum Gasteiger partial charge on any atom is 0.311 e. The van der Waals surface area contributed by atoms with Gasteiger partial charge in [0.1, 0.15) is 0 Å². The van der Waals surface area contributed by atoms with Crippen molar-refractivity contribution in [2.75, 3.05) is 40.8 Å². The normalized spacial score (nSPS) is 10.0. The minimum atomic E-state index is -0.686. The average Bonchev–Trinajstić information content (AvgIpc) is 2.21. The number of carbonyl (C=O) groups is 2. The largest absolute Gasteiger partial charge is 0.392 e. The second kappa shape index (κ2) is 7.13. The molecule has 6 nitrogen and oxygen atoms in total. The van der Waals surface area contributed by atoms with Gasteiger partial charge in [-0.2, -0.15) is 0 Å². The Balaban J connectivity index is 4.01. The van der Waals surface area contributed by atoms with E-state index in [0.29, 0.717) is 13.1 Å². The van der Waals surface area contributed by atoms with Gasteiger partial charge in [0.15, 0.2) is 0 Å². The third kappa shape index (κ3) is 6.31. The Labute approximate surface area is 101 Å². The summed E-state index contributed by atoms with van der Waals surface area (Å²) in [4.78, 5) is 26.2. The summed E-state index contributed by atoms with van der Waals surface area (Å²) in [5.74, 6) is -1.27. The van der Waals surface area contributed by atoms with Crippen molar-refractivity contribution in [3.05, 3.63) is 0 Å². The molecule has 0 aliphatic heterocycles. The lowest BCUT2D eigenvalue weighted by Gasteiger charge is -2.18. The van der Waals surface area contributed by atoms with Crippen LogP contribution in [0.2, 0.25) is 0 Å². The molecular formula is C9H18N4O2S. The topological polar surface area (TPSA) is 78.7 Å². The minimum Gasteiger partial charge on any atom is -0.392 e. The molecule has 0 fully saturated rings. The summed E-state index contributed by atoms with van der Waals surface area (Å²) in [6.45, 7) is 1.23. The van der Waals surface area contributed by atoms with E-state index in [1.807, 2.05) is 19.0 Å². The van der Waals surface area contributed by atoms with Crippen molar-refractivity contribution in [3.63, 3.8) is 0 Å². The summed E-state index contributed by atoms with van der Waals surface area (Å²) in [6.07, 6.45) is 0. The number of amides is 2. The van der Waals surface area contributed by atoms with Gasteiger partial charge < -0.3 is 20.9 Å². The van der Waals surface area contributed by atoms with E-state index in [0.717, 1.165) is 0 Å². The number of carbonyl (C=O) groups excluding carboxylic acids is 2. The van der Waals surface area contributed by atoms with E-state index in [9.17, 15) is 9.59 Å². The molecule has 0 heterocycles. The van der Waals surface area contributed by atoms with Gasteiger partial charge >= 0.3 is 11.8 Å². The van der Waals surface area contributed by atoms with Gasteiger partial charge in [0.25, 0.3) is 0 Å². The van der Waals surface area contributed by atoms with Gasteiger partial charge in [-0.1, -0.05) is 12.2 Å². The van der Waals surface area contributed by atoms with Crippen LogP contribution in [0.25, 0.3) is 0 Å². The van der Waals surface area contributed by atoms with E-state index in [1.54, 1.807) is 7.05 Å². The van der Waals surface area contributed by atoms with Gasteiger partial charge in [0, 0.05) is 20.1 Å². The number of nitrogens with one attached hydrogen (secondary N) is 1. The number of nitrogens with zero attached hydrogens (tertiary/aromatic N) is 2. The molecule has 0 atom stereocenters. The summed E-state index contributed by atoms with van der Waals surface area (Å²) < 4.78 is 0. The zero-order chi connectivity index (χ0) is 12.7. The predicted molar refractivity (Wildman–Crippen MR) is 66.0 cm³/mol. The molecule has 0 radical (unpaired) electrons. The number of hydrogen-bond acceptors (Lipinski definition) is 4. The maximum absolute atomic E-state index is 11.5. The van der Waals surface area contributed by atoms with Crippen molar-refractivity contribution in [1.29, 1.82) is 0 Å².